The Bertz CT molecular complexity index is 731. The van der Waals surface area contributed by atoms with Crippen LogP contribution in [0.15, 0.2) is 78.9 Å². The van der Waals surface area contributed by atoms with Crippen molar-refractivity contribution in [1.82, 2.24) is 4.90 Å². The number of hydrogen-bond acceptors (Lipinski definition) is 2. The van der Waals surface area contributed by atoms with E-state index in [-0.39, 0.29) is 0 Å². The second-order valence-electron chi connectivity index (χ2n) is 5.97. The maximum absolute atomic E-state index is 5.95. The summed E-state index contributed by atoms with van der Waals surface area (Å²) in [5, 5.41) is 0. The Morgan fingerprint density at radius 3 is 1.67 bits per heavy atom. The highest BCUT2D eigenvalue weighted by molar-refractivity contribution is 14.1. The van der Waals surface area contributed by atoms with E-state index >= 15 is 0 Å². The summed E-state index contributed by atoms with van der Waals surface area (Å²) >= 11 is 2.30. The van der Waals surface area contributed by atoms with Gasteiger partial charge in [0.05, 0.1) is 0 Å². The smallest absolute Gasteiger partial charge is 0.0449 e. The zero-order chi connectivity index (χ0) is 16.8. The number of halogens is 1. The van der Waals surface area contributed by atoms with E-state index in [1.165, 1.54) is 16.7 Å². The summed E-state index contributed by atoms with van der Waals surface area (Å²) in [5.74, 6) is 0. The molecule has 0 aliphatic heterocycles. The zero-order valence-corrected chi connectivity index (χ0v) is 15.7. The van der Waals surface area contributed by atoms with Crippen LogP contribution in [0.25, 0.3) is 0 Å². The van der Waals surface area contributed by atoms with Crippen molar-refractivity contribution < 1.29 is 0 Å². The normalized spacial score (nSPS) is 10.9. The van der Waals surface area contributed by atoms with Crippen LogP contribution in [0.2, 0.25) is 0 Å². The molecule has 122 valence electrons. The van der Waals surface area contributed by atoms with Gasteiger partial charge in [0.2, 0.25) is 0 Å². The fourth-order valence-electron chi connectivity index (χ4n) is 2.78. The zero-order valence-electron chi connectivity index (χ0n) is 13.5. The summed E-state index contributed by atoms with van der Waals surface area (Å²) in [6, 6.07) is 27.6. The molecule has 2 nitrogen and oxygen atoms in total. The Balaban J connectivity index is 1.79. The number of anilines is 1. The lowest BCUT2D eigenvalue weighted by molar-refractivity contribution is 0.247. The van der Waals surface area contributed by atoms with E-state index in [0.29, 0.717) is 0 Å². The van der Waals surface area contributed by atoms with Crippen LogP contribution in [0.3, 0.4) is 0 Å². The molecule has 3 rings (SSSR count). The number of nitrogens with two attached hydrogens (primary N) is 1. The molecule has 3 aromatic rings. The predicted molar refractivity (Wildman–Crippen MR) is 109 cm³/mol. The SMILES string of the molecule is Nc1ccc(CN(Cc2ccccc2)Cc2ccccc2)cc1I. The van der Waals surface area contributed by atoms with Crippen molar-refractivity contribution in [3.05, 3.63) is 99.1 Å². The average molecular weight is 428 g/mol. The van der Waals surface area contributed by atoms with Gasteiger partial charge in [-0.05, 0) is 51.4 Å². The second-order valence-corrected chi connectivity index (χ2v) is 7.13. The fraction of sp³-hybridized carbons (Fsp3) is 0.143. The molecule has 0 fully saturated rings. The van der Waals surface area contributed by atoms with Crippen LogP contribution in [-0.4, -0.2) is 4.90 Å². The second kappa shape index (κ2) is 8.31. The van der Waals surface area contributed by atoms with Gasteiger partial charge >= 0.3 is 0 Å². The van der Waals surface area contributed by atoms with Crippen molar-refractivity contribution in [2.75, 3.05) is 5.73 Å². The summed E-state index contributed by atoms with van der Waals surface area (Å²) in [6.07, 6.45) is 0. The Hall–Kier alpha value is -1.85. The molecule has 0 unspecified atom stereocenters. The summed E-state index contributed by atoms with van der Waals surface area (Å²) in [4.78, 5) is 2.46. The molecular formula is C21H21IN2. The van der Waals surface area contributed by atoms with Crippen LogP contribution in [0, 0.1) is 3.57 Å². The van der Waals surface area contributed by atoms with E-state index in [1.807, 2.05) is 6.07 Å². The molecule has 0 aliphatic rings. The van der Waals surface area contributed by atoms with Gasteiger partial charge in [-0.2, -0.15) is 0 Å². The lowest BCUT2D eigenvalue weighted by Gasteiger charge is -2.23. The monoisotopic (exact) mass is 428 g/mol. The van der Waals surface area contributed by atoms with E-state index in [9.17, 15) is 0 Å². The number of nitrogens with zero attached hydrogens (tertiary/aromatic N) is 1. The van der Waals surface area contributed by atoms with E-state index in [1.54, 1.807) is 0 Å². The highest BCUT2D eigenvalue weighted by Crippen LogP contribution is 2.19. The quantitative estimate of drug-likeness (QED) is 0.439. The molecule has 0 saturated heterocycles. The van der Waals surface area contributed by atoms with Crippen LogP contribution in [0.1, 0.15) is 16.7 Å². The molecular weight excluding hydrogens is 407 g/mol. The summed E-state index contributed by atoms with van der Waals surface area (Å²) in [5.41, 5.74) is 10.7. The van der Waals surface area contributed by atoms with Crippen LogP contribution < -0.4 is 5.73 Å². The first-order valence-electron chi connectivity index (χ1n) is 8.05. The Morgan fingerprint density at radius 2 is 1.17 bits per heavy atom. The van der Waals surface area contributed by atoms with Gasteiger partial charge in [0.25, 0.3) is 0 Å². The summed E-state index contributed by atoms with van der Waals surface area (Å²) in [6.45, 7) is 2.76. The topological polar surface area (TPSA) is 29.3 Å². The molecule has 3 heteroatoms. The van der Waals surface area contributed by atoms with Crippen molar-refractivity contribution in [2.24, 2.45) is 0 Å². The molecule has 0 bridgehead atoms. The lowest BCUT2D eigenvalue weighted by atomic mass is 10.1. The first-order chi connectivity index (χ1) is 11.7. The molecule has 0 radical (unpaired) electrons. The molecule has 0 amide bonds. The molecule has 24 heavy (non-hydrogen) atoms. The number of rotatable bonds is 6. The van der Waals surface area contributed by atoms with Gasteiger partial charge in [0.1, 0.15) is 0 Å². The molecule has 0 atom stereocenters. The third kappa shape index (κ3) is 4.82. The van der Waals surface area contributed by atoms with Gasteiger partial charge in [-0.3, -0.25) is 4.90 Å². The van der Waals surface area contributed by atoms with Crippen LogP contribution in [0.4, 0.5) is 5.69 Å². The Kier molecular flexibility index (Phi) is 5.88. The molecule has 0 spiro atoms. The van der Waals surface area contributed by atoms with Crippen LogP contribution >= 0.6 is 22.6 Å². The van der Waals surface area contributed by atoms with E-state index < -0.39 is 0 Å². The van der Waals surface area contributed by atoms with Gasteiger partial charge in [-0.15, -0.1) is 0 Å². The van der Waals surface area contributed by atoms with Gasteiger partial charge in [-0.25, -0.2) is 0 Å². The lowest BCUT2D eigenvalue weighted by Crippen LogP contribution is -2.22. The van der Waals surface area contributed by atoms with Crippen LogP contribution in [0.5, 0.6) is 0 Å². The minimum Gasteiger partial charge on any atom is -0.398 e. The maximum Gasteiger partial charge on any atom is 0.0449 e. The van der Waals surface area contributed by atoms with Crippen molar-refractivity contribution in [3.63, 3.8) is 0 Å². The van der Waals surface area contributed by atoms with Gasteiger partial charge in [0.15, 0.2) is 0 Å². The fourth-order valence-corrected chi connectivity index (χ4v) is 3.36. The highest BCUT2D eigenvalue weighted by Gasteiger charge is 2.09. The highest BCUT2D eigenvalue weighted by atomic mass is 127. The summed E-state index contributed by atoms with van der Waals surface area (Å²) in [7, 11) is 0. The average Bonchev–Trinajstić information content (AvgIpc) is 2.60. The minimum atomic E-state index is 0.844. The predicted octanol–water partition coefficient (Wildman–Crippen LogP) is 5.08. The molecule has 2 N–H and O–H groups in total. The van der Waals surface area contributed by atoms with Gasteiger partial charge < -0.3 is 5.73 Å². The molecule has 0 aromatic heterocycles. The van der Waals surface area contributed by atoms with E-state index in [0.717, 1.165) is 28.9 Å². The number of nitrogen functional groups attached to an aromatic ring is 1. The third-order valence-electron chi connectivity index (χ3n) is 3.97. The van der Waals surface area contributed by atoms with E-state index in [4.69, 9.17) is 5.73 Å². The standard InChI is InChI=1S/C21H21IN2/c22-20-13-19(11-12-21(20)23)16-24(14-17-7-3-1-4-8-17)15-18-9-5-2-6-10-18/h1-13H,14-16,23H2. The molecule has 3 aromatic carbocycles. The Morgan fingerprint density at radius 1 is 0.667 bits per heavy atom. The van der Waals surface area contributed by atoms with Crippen molar-refractivity contribution in [2.45, 2.75) is 19.6 Å². The van der Waals surface area contributed by atoms with Crippen molar-refractivity contribution >= 4 is 28.3 Å². The van der Waals surface area contributed by atoms with Gasteiger partial charge in [0, 0.05) is 28.9 Å². The molecule has 0 aliphatic carbocycles. The van der Waals surface area contributed by atoms with Crippen LogP contribution in [-0.2, 0) is 19.6 Å². The maximum atomic E-state index is 5.95. The van der Waals surface area contributed by atoms with Crippen molar-refractivity contribution in [3.8, 4) is 0 Å². The minimum absolute atomic E-state index is 0.844. The van der Waals surface area contributed by atoms with Gasteiger partial charge in [-0.1, -0.05) is 66.7 Å². The molecule has 0 heterocycles. The first-order valence-corrected chi connectivity index (χ1v) is 9.13. The Labute approximate surface area is 157 Å². The number of benzene rings is 3. The first kappa shape index (κ1) is 17.0. The van der Waals surface area contributed by atoms with Crippen molar-refractivity contribution in [1.29, 1.82) is 0 Å². The molecule has 0 saturated carbocycles. The number of hydrogen-bond donors (Lipinski definition) is 1. The largest absolute Gasteiger partial charge is 0.398 e. The summed E-state index contributed by atoms with van der Waals surface area (Å²) < 4.78 is 1.12. The van der Waals surface area contributed by atoms with E-state index in [2.05, 4.69) is 100 Å². The third-order valence-corrected chi connectivity index (χ3v) is 4.90.